The van der Waals surface area contributed by atoms with Crippen LogP contribution < -0.4 is 11.1 Å². The van der Waals surface area contributed by atoms with Gasteiger partial charge in [-0.2, -0.15) is 0 Å². The zero-order chi connectivity index (χ0) is 14.7. The number of likely N-dealkylation sites (tertiary alicyclic amines) is 1. The van der Waals surface area contributed by atoms with E-state index in [-0.39, 0.29) is 22.8 Å². The number of amides is 1. The number of hydrogen-bond acceptors (Lipinski definition) is 3. The lowest BCUT2D eigenvalue weighted by Crippen LogP contribution is -2.41. The smallest absolute Gasteiger partial charge is 0.237 e. The minimum absolute atomic E-state index is 0.0114. The predicted molar refractivity (Wildman–Crippen MR) is 79.8 cm³/mol. The average Bonchev–Trinajstić information content (AvgIpc) is 2.88. The van der Waals surface area contributed by atoms with Gasteiger partial charge in [-0.1, -0.05) is 24.4 Å². The maximum atomic E-state index is 14.0. The van der Waals surface area contributed by atoms with E-state index in [9.17, 15) is 9.18 Å². The largest absolute Gasteiger partial charge is 0.389 e. The molecule has 4 nitrogen and oxygen atoms in total. The molecule has 6 heteroatoms. The van der Waals surface area contributed by atoms with Crippen LogP contribution in [0.1, 0.15) is 24.0 Å². The Labute approximate surface area is 123 Å². The van der Waals surface area contributed by atoms with Gasteiger partial charge in [0.25, 0.3) is 0 Å². The van der Waals surface area contributed by atoms with E-state index in [1.54, 1.807) is 19.2 Å². The highest BCUT2D eigenvalue weighted by Crippen LogP contribution is 2.22. The molecule has 0 spiro atoms. The maximum Gasteiger partial charge on any atom is 0.237 e. The quantitative estimate of drug-likeness (QED) is 0.819. The molecule has 108 valence electrons. The van der Waals surface area contributed by atoms with Gasteiger partial charge in [-0.15, -0.1) is 0 Å². The first-order valence-electron chi connectivity index (χ1n) is 6.57. The number of nitrogens with zero attached hydrogens (tertiary/aromatic N) is 1. The van der Waals surface area contributed by atoms with E-state index in [0.29, 0.717) is 17.7 Å². The van der Waals surface area contributed by atoms with Gasteiger partial charge in [-0.05, 0) is 25.5 Å². The van der Waals surface area contributed by atoms with Crippen LogP contribution in [0, 0.1) is 5.82 Å². The number of nitrogens with two attached hydrogens (primary N) is 1. The van der Waals surface area contributed by atoms with Crippen molar-refractivity contribution in [3.8, 4) is 0 Å². The lowest BCUT2D eigenvalue weighted by atomic mass is 10.1. The lowest BCUT2D eigenvalue weighted by molar-refractivity contribution is -0.125. The predicted octanol–water partition coefficient (Wildman–Crippen LogP) is 1.17. The summed E-state index contributed by atoms with van der Waals surface area (Å²) in [4.78, 5) is 13.9. The third kappa shape index (κ3) is 3.13. The molecule has 1 aliphatic heterocycles. The summed E-state index contributed by atoms with van der Waals surface area (Å²) in [5, 5.41) is 2.65. The number of benzene rings is 1. The molecule has 1 saturated heterocycles. The van der Waals surface area contributed by atoms with E-state index < -0.39 is 0 Å². The fourth-order valence-electron chi connectivity index (χ4n) is 2.53. The van der Waals surface area contributed by atoms with Crippen LogP contribution in [0.4, 0.5) is 4.39 Å². The Morgan fingerprint density at radius 3 is 2.95 bits per heavy atom. The highest BCUT2D eigenvalue weighted by molar-refractivity contribution is 7.80. The van der Waals surface area contributed by atoms with Crippen LogP contribution in [0.2, 0.25) is 0 Å². The van der Waals surface area contributed by atoms with Crippen LogP contribution in [0.25, 0.3) is 0 Å². The fraction of sp³-hybridized carbons (Fsp3) is 0.429. The average molecular weight is 295 g/mol. The molecule has 1 heterocycles. The first kappa shape index (κ1) is 14.9. The molecular weight excluding hydrogens is 277 g/mol. The Morgan fingerprint density at radius 1 is 1.60 bits per heavy atom. The molecule has 1 atom stereocenters. The molecular formula is C14H18FN3OS. The Morgan fingerprint density at radius 2 is 2.35 bits per heavy atom. The van der Waals surface area contributed by atoms with Gasteiger partial charge in [0.1, 0.15) is 10.8 Å². The zero-order valence-corrected chi connectivity index (χ0v) is 12.2. The van der Waals surface area contributed by atoms with E-state index in [1.165, 1.54) is 6.07 Å². The molecule has 0 bridgehead atoms. The summed E-state index contributed by atoms with van der Waals surface area (Å²) in [7, 11) is 1.62. The molecule has 1 amide bonds. The van der Waals surface area contributed by atoms with Crippen LogP contribution in [-0.4, -0.2) is 35.4 Å². The van der Waals surface area contributed by atoms with Crippen LogP contribution in [-0.2, 0) is 11.3 Å². The van der Waals surface area contributed by atoms with Crippen molar-refractivity contribution >= 4 is 23.1 Å². The highest BCUT2D eigenvalue weighted by Gasteiger charge is 2.30. The van der Waals surface area contributed by atoms with E-state index in [4.69, 9.17) is 18.0 Å². The van der Waals surface area contributed by atoms with Crippen molar-refractivity contribution in [3.05, 3.63) is 35.1 Å². The lowest BCUT2D eigenvalue weighted by Gasteiger charge is -2.23. The minimum Gasteiger partial charge on any atom is -0.389 e. The summed E-state index contributed by atoms with van der Waals surface area (Å²) in [6.07, 6.45) is 1.76. The van der Waals surface area contributed by atoms with Crippen molar-refractivity contribution in [2.24, 2.45) is 5.73 Å². The van der Waals surface area contributed by atoms with Crippen molar-refractivity contribution in [1.82, 2.24) is 10.2 Å². The second kappa shape index (κ2) is 6.28. The van der Waals surface area contributed by atoms with Crippen LogP contribution in [0.5, 0.6) is 0 Å². The van der Waals surface area contributed by atoms with Crippen LogP contribution in [0.15, 0.2) is 18.2 Å². The van der Waals surface area contributed by atoms with Gasteiger partial charge in [0.2, 0.25) is 5.91 Å². The Balaban J connectivity index is 2.13. The molecule has 2 rings (SSSR count). The third-order valence-corrected chi connectivity index (χ3v) is 3.86. The van der Waals surface area contributed by atoms with E-state index >= 15 is 0 Å². The summed E-state index contributed by atoms with van der Waals surface area (Å²) < 4.78 is 14.0. The molecule has 20 heavy (non-hydrogen) atoms. The molecule has 0 aliphatic carbocycles. The van der Waals surface area contributed by atoms with Gasteiger partial charge >= 0.3 is 0 Å². The third-order valence-electron chi connectivity index (χ3n) is 3.62. The second-order valence-corrected chi connectivity index (χ2v) is 5.35. The molecule has 3 N–H and O–H groups in total. The number of carbonyl (C=O) groups is 1. The Kier molecular flexibility index (Phi) is 4.67. The SMILES string of the molecule is CNC(=O)C1CCCN1Cc1ccc(C(N)=S)cc1F. The van der Waals surface area contributed by atoms with Crippen molar-refractivity contribution in [1.29, 1.82) is 0 Å². The van der Waals surface area contributed by atoms with Crippen molar-refractivity contribution in [2.75, 3.05) is 13.6 Å². The number of rotatable bonds is 4. The van der Waals surface area contributed by atoms with Gasteiger partial charge in [0.15, 0.2) is 0 Å². The normalized spacial score (nSPS) is 19.0. The fourth-order valence-corrected chi connectivity index (χ4v) is 2.65. The molecule has 1 unspecified atom stereocenters. The second-order valence-electron chi connectivity index (χ2n) is 4.91. The highest BCUT2D eigenvalue weighted by atomic mass is 32.1. The summed E-state index contributed by atoms with van der Waals surface area (Å²) in [5.74, 6) is -0.347. The zero-order valence-electron chi connectivity index (χ0n) is 11.4. The van der Waals surface area contributed by atoms with Crippen molar-refractivity contribution in [2.45, 2.75) is 25.4 Å². The summed E-state index contributed by atoms with van der Waals surface area (Å²) in [6.45, 7) is 1.22. The van der Waals surface area contributed by atoms with Crippen LogP contribution >= 0.6 is 12.2 Å². The molecule has 1 aromatic rings. The van der Waals surface area contributed by atoms with Crippen molar-refractivity contribution in [3.63, 3.8) is 0 Å². The topological polar surface area (TPSA) is 58.4 Å². The Hall–Kier alpha value is -1.53. The number of carbonyl (C=O) groups excluding carboxylic acids is 1. The number of nitrogens with one attached hydrogen (secondary N) is 1. The standard InChI is InChI=1S/C14H18FN3OS/c1-17-14(19)12-3-2-6-18(12)8-10-5-4-9(13(16)20)7-11(10)15/h4-5,7,12H,2-3,6,8H2,1H3,(H2,16,20)(H,17,19). The van der Waals surface area contributed by atoms with E-state index in [1.807, 2.05) is 4.90 Å². The van der Waals surface area contributed by atoms with Crippen LogP contribution in [0.3, 0.4) is 0 Å². The summed E-state index contributed by atoms with van der Waals surface area (Å²) in [6, 6.07) is 4.58. The first-order valence-corrected chi connectivity index (χ1v) is 6.97. The molecule has 0 radical (unpaired) electrons. The molecule has 1 fully saturated rings. The monoisotopic (exact) mass is 295 g/mol. The number of halogens is 1. The van der Waals surface area contributed by atoms with Crippen molar-refractivity contribution < 1.29 is 9.18 Å². The number of thiocarbonyl (C=S) groups is 1. The maximum absolute atomic E-state index is 14.0. The minimum atomic E-state index is -0.335. The van der Waals surface area contributed by atoms with Gasteiger partial charge in [0, 0.05) is 24.7 Å². The van der Waals surface area contributed by atoms with Gasteiger partial charge in [-0.25, -0.2) is 4.39 Å². The van der Waals surface area contributed by atoms with E-state index in [2.05, 4.69) is 5.32 Å². The first-order chi connectivity index (χ1) is 9.52. The molecule has 1 aromatic carbocycles. The summed E-state index contributed by atoms with van der Waals surface area (Å²) in [5.41, 5.74) is 6.55. The number of hydrogen-bond donors (Lipinski definition) is 2. The van der Waals surface area contributed by atoms with Gasteiger partial charge < -0.3 is 11.1 Å². The van der Waals surface area contributed by atoms with E-state index in [0.717, 1.165) is 19.4 Å². The number of likely N-dealkylation sites (N-methyl/N-ethyl adjacent to an activating group) is 1. The van der Waals surface area contributed by atoms with Gasteiger partial charge in [-0.3, -0.25) is 9.69 Å². The molecule has 0 aromatic heterocycles. The van der Waals surface area contributed by atoms with Gasteiger partial charge in [0.05, 0.1) is 6.04 Å². The molecule has 0 saturated carbocycles. The summed E-state index contributed by atoms with van der Waals surface area (Å²) >= 11 is 4.82. The molecule has 1 aliphatic rings. The Bertz CT molecular complexity index is 535.